The Morgan fingerprint density at radius 2 is 2.24 bits per heavy atom. The second-order valence-corrected chi connectivity index (χ2v) is 4.64. The summed E-state index contributed by atoms with van der Waals surface area (Å²) in [6.07, 6.45) is 0.996. The number of hydrogen-bond acceptors (Lipinski definition) is 4. The Kier molecular flexibility index (Phi) is 2.87. The molecule has 2 N–H and O–H groups in total. The molecule has 1 aromatic rings. The van der Waals surface area contributed by atoms with Crippen LogP contribution in [0.15, 0.2) is 10.9 Å². The van der Waals surface area contributed by atoms with Gasteiger partial charge in [-0.1, -0.05) is 6.92 Å². The second-order valence-electron chi connectivity index (χ2n) is 4.64. The van der Waals surface area contributed by atoms with Gasteiger partial charge in [0.2, 0.25) is 5.95 Å². The maximum atomic E-state index is 11.8. The molecule has 0 radical (unpaired) electrons. The zero-order chi connectivity index (χ0) is 12.6. The molecule has 6 heteroatoms. The van der Waals surface area contributed by atoms with E-state index in [4.69, 9.17) is 0 Å². The first-order valence-electron chi connectivity index (χ1n) is 5.57. The third kappa shape index (κ3) is 2.64. The van der Waals surface area contributed by atoms with Gasteiger partial charge in [0.15, 0.2) is 0 Å². The van der Waals surface area contributed by atoms with Crippen LogP contribution in [-0.2, 0) is 0 Å². The first kappa shape index (κ1) is 11.6. The number of nitrogens with zero attached hydrogens (tertiary/aromatic N) is 2. The standard InChI is InChI=1S/C11H16N4O2/c1-6-4-7(6)12-10(17)8-5-9(16)14-11(13-8)15(2)3/h5-7H,4H2,1-3H3,(H,12,17)(H,13,14,16)/t6-,7+/m0/s1. The summed E-state index contributed by atoms with van der Waals surface area (Å²) in [5.74, 6) is 0.620. The van der Waals surface area contributed by atoms with Gasteiger partial charge < -0.3 is 10.2 Å². The number of carbonyl (C=O) groups excluding carboxylic acids is 1. The zero-order valence-electron chi connectivity index (χ0n) is 10.2. The van der Waals surface area contributed by atoms with E-state index in [1.807, 2.05) is 0 Å². The number of amides is 1. The van der Waals surface area contributed by atoms with Crippen molar-refractivity contribution in [3.8, 4) is 0 Å². The van der Waals surface area contributed by atoms with Crippen LogP contribution < -0.4 is 15.8 Å². The Balaban J connectivity index is 2.19. The lowest BCUT2D eigenvalue weighted by atomic mass is 10.3. The molecule has 6 nitrogen and oxygen atoms in total. The number of anilines is 1. The smallest absolute Gasteiger partial charge is 0.270 e. The lowest BCUT2D eigenvalue weighted by Gasteiger charge is -2.11. The van der Waals surface area contributed by atoms with Crippen molar-refractivity contribution in [3.63, 3.8) is 0 Å². The molecule has 1 heterocycles. The second kappa shape index (κ2) is 4.20. The average molecular weight is 236 g/mol. The van der Waals surface area contributed by atoms with Crippen molar-refractivity contribution in [2.75, 3.05) is 19.0 Å². The summed E-state index contributed by atoms with van der Waals surface area (Å²) in [6, 6.07) is 1.45. The Morgan fingerprint density at radius 1 is 1.59 bits per heavy atom. The molecule has 1 aliphatic rings. The average Bonchev–Trinajstić information content (AvgIpc) is 2.93. The Bertz CT molecular complexity index is 494. The van der Waals surface area contributed by atoms with Gasteiger partial charge in [0.1, 0.15) is 5.69 Å². The number of aromatic amines is 1. The molecule has 0 saturated heterocycles. The molecule has 1 amide bonds. The topological polar surface area (TPSA) is 78.1 Å². The van der Waals surface area contributed by atoms with E-state index in [9.17, 15) is 9.59 Å². The fourth-order valence-corrected chi connectivity index (χ4v) is 1.54. The van der Waals surface area contributed by atoms with Gasteiger partial charge in [-0.25, -0.2) is 4.98 Å². The van der Waals surface area contributed by atoms with Crippen molar-refractivity contribution in [2.24, 2.45) is 5.92 Å². The molecule has 1 saturated carbocycles. The molecule has 0 spiro atoms. The third-order valence-corrected chi connectivity index (χ3v) is 2.81. The molecule has 0 aromatic carbocycles. The predicted molar refractivity (Wildman–Crippen MR) is 64.2 cm³/mol. The maximum Gasteiger partial charge on any atom is 0.270 e. The highest BCUT2D eigenvalue weighted by atomic mass is 16.2. The molecule has 0 unspecified atom stereocenters. The van der Waals surface area contributed by atoms with Crippen molar-refractivity contribution in [2.45, 2.75) is 19.4 Å². The summed E-state index contributed by atoms with van der Waals surface area (Å²) in [4.78, 5) is 31.5. The first-order valence-corrected chi connectivity index (χ1v) is 5.57. The van der Waals surface area contributed by atoms with Crippen molar-refractivity contribution in [1.29, 1.82) is 0 Å². The first-order chi connectivity index (χ1) is 7.97. The molecule has 1 aromatic heterocycles. The quantitative estimate of drug-likeness (QED) is 0.772. The van der Waals surface area contributed by atoms with Crippen molar-refractivity contribution >= 4 is 11.9 Å². The van der Waals surface area contributed by atoms with Crippen molar-refractivity contribution in [3.05, 3.63) is 22.1 Å². The van der Waals surface area contributed by atoms with Crippen LogP contribution in [0.4, 0.5) is 5.95 Å². The Labute approximate surface area is 99.1 Å². The highest BCUT2D eigenvalue weighted by Crippen LogP contribution is 2.29. The van der Waals surface area contributed by atoms with Gasteiger partial charge in [-0.3, -0.25) is 14.6 Å². The van der Waals surface area contributed by atoms with E-state index < -0.39 is 0 Å². The number of H-pyrrole nitrogens is 1. The summed E-state index contributed by atoms with van der Waals surface area (Å²) in [6.45, 7) is 2.07. The van der Waals surface area contributed by atoms with Crippen LogP contribution in [0.1, 0.15) is 23.8 Å². The molecular weight excluding hydrogens is 220 g/mol. The lowest BCUT2D eigenvalue weighted by Crippen LogP contribution is -2.30. The number of rotatable bonds is 3. The SMILES string of the molecule is C[C@H]1C[C@H]1NC(=O)c1cc(=O)[nH]c(N(C)C)n1. The largest absolute Gasteiger partial charge is 0.348 e. The Hall–Kier alpha value is -1.85. The van der Waals surface area contributed by atoms with Gasteiger partial charge in [-0.2, -0.15) is 0 Å². The van der Waals surface area contributed by atoms with E-state index in [0.29, 0.717) is 11.9 Å². The van der Waals surface area contributed by atoms with Crippen LogP contribution in [0.3, 0.4) is 0 Å². The monoisotopic (exact) mass is 236 g/mol. The number of nitrogens with one attached hydrogen (secondary N) is 2. The minimum atomic E-state index is -0.322. The van der Waals surface area contributed by atoms with E-state index in [0.717, 1.165) is 6.42 Å². The minimum absolute atomic E-state index is 0.163. The van der Waals surface area contributed by atoms with E-state index in [1.165, 1.54) is 6.07 Å². The van der Waals surface area contributed by atoms with E-state index in [-0.39, 0.29) is 23.2 Å². The molecule has 0 aliphatic heterocycles. The Morgan fingerprint density at radius 3 is 2.76 bits per heavy atom. The van der Waals surface area contributed by atoms with Crippen LogP contribution in [-0.4, -0.2) is 36.0 Å². The van der Waals surface area contributed by atoms with Crippen LogP contribution >= 0.6 is 0 Å². The molecule has 0 bridgehead atoms. The van der Waals surface area contributed by atoms with Crippen LogP contribution in [0.25, 0.3) is 0 Å². The summed E-state index contributed by atoms with van der Waals surface area (Å²) < 4.78 is 0. The fourth-order valence-electron chi connectivity index (χ4n) is 1.54. The number of carbonyl (C=O) groups is 1. The van der Waals surface area contributed by atoms with Crippen LogP contribution in [0.2, 0.25) is 0 Å². The molecule has 2 rings (SSSR count). The zero-order valence-corrected chi connectivity index (χ0v) is 10.2. The minimum Gasteiger partial charge on any atom is -0.348 e. The summed E-state index contributed by atoms with van der Waals surface area (Å²) in [5, 5.41) is 2.84. The van der Waals surface area contributed by atoms with E-state index >= 15 is 0 Å². The highest BCUT2D eigenvalue weighted by Gasteiger charge is 2.34. The molecular formula is C11H16N4O2. The van der Waals surface area contributed by atoms with Gasteiger partial charge in [-0.15, -0.1) is 0 Å². The van der Waals surface area contributed by atoms with Crippen LogP contribution in [0, 0.1) is 5.92 Å². The van der Waals surface area contributed by atoms with E-state index in [1.54, 1.807) is 19.0 Å². The van der Waals surface area contributed by atoms with Gasteiger partial charge in [-0.05, 0) is 12.3 Å². The molecule has 92 valence electrons. The molecule has 2 atom stereocenters. The predicted octanol–water partition coefficient (Wildman–Crippen LogP) is -0.0259. The third-order valence-electron chi connectivity index (χ3n) is 2.81. The molecule has 1 fully saturated rings. The lowest BCUT2D eigenvalue weighted by molar-refractivity contribution is 0.0944. The number of hydrogen-bond donors (Lipinski definition) is 2. The summed E-state index contributed by atoms with van der Waals surface area (Å²) in [7, 11) is 3.51. The summed E-state index contributed by atoms with van der Waals surface area (Å²) in [5.41, 5.74) is -0.158. The maximum absolute atomic E-state index is 11.8. The molecule has 17 heavy (non-hydrogen) atoms. The number of aromatic nitrogens is 2. The van der Waals surface area contributed by atoms with Crippen LogP contribution in [0.5, 0.6) is 0 Å². The van der Waals surface area contributed by atoms with Gasteiger partial charge in [0, 0.05) is 26.2 Å². The molecule has 1 aliphatic carbocycles. The van der Waals surface area contributed by atoms with Crippen molar-refractivity contribution < 1.29 is 4.79 Å². The van der Waals surface area contributed by atoms with Gasteiger partial charge >= 0.3 is 0 Å². The van der Waals surface area contributed by atoms with E-state index in [2.05, 4.69) is 22.2 Å². The van der Waals surface area contributed by atoms with Gasteiger partial charge in [0.25, 0.3) is 11.5 Å². The highest BCUT2D eigenvalue weighted by molar-refractivity contribution is 5.92. The fraction of sp³-hybridized carbons (Fsp3) is 0.545. The van der Waals surface area contributed by atoms with Crippen molar-refractivity contribution in [1.82, 2.24) is 15.3 Å². The summed E-state index contributed by atoms with van der Waals surface area (Å²) >= 11 is 0. The van der Waals surface area contributed by atoms with Gasteiger partial charge in [0.05, 0.1) is 0 Å². The normalized spacial score (nSPS) is 22.1.